The van der Waals surface area contributed by atoms with Gasteiger partial charge in [-0.2, -0.15) is 0 Å². The van der Waals surface area contributed by atoms with Crippen molar-refractivity contribution in [2.75, 3.05) is 10.6 Å². The Bertz CT molecular complexity index is 847. The summed E-state index contributed by atoms with van der Waals surface area (Å²) in [6.45, 7) is 2.43. The van der Waals surface area contributed by atoms with Gasteiger partial charge >= 0.3 is 0 Å². The Kier molecular flexibility index (Phi) is 4.82. The van der Waals surface area contributed by atoms with Crippen molar-refractivity contribution >= 4 is 28.9 Å². The summed E-state index contributed by atoms with van der Waals surface area (Å²) in [6.07, 6.45) is 4.79. The third-order valence-electron chi connectivity index (χ3n) is 3.48. The van der Waals surface area contributed by atoms with Gasteiger partial charge in [0.1, 0.15) is 5.76 Å². The maximum atomic E-state index is 12.4. The van der Waals surface area contributed by atoms with Gasteiger partial charge in [0, 0.05) is 23.1 Å². The van der Waals surface area contributed by atoms with Crippen molar-refractivity contribution in [1.82, 2.24) is 4.98 Å². The summed E-state index contributed by atoms with van der Waals surface area (Å²) >= 11 is 6.08. The van der Waals surface area contributed by atoms with E-state index in [9.17, 15) is 4.79 Å². The quantitative estimate of drug-likeness (QED) is 0.717. The Morgan fingerprint density at radius 1 is 1.21 bits per heavy atom. The zero-order valence-electron chi connectivity index (χ0n) is 13.0. The van der Waals surface area contributed by atoms with Crippen LogP contribution in [0.25, 0.3) is 0 Å². The van der Waals surface area contributed by atoms with Crippen LogP contribution >= 0.6 is 11.6 Å². The van der Waals surface area contributed by atoms with Crippen molar-refractivity contribution in [1.29, 1.82) is 0 Å². The molecule has 122 valence electrons. The smallest absolute Gasteiger partial charge is 0.257 e. The van der Waals surface area contributed by atoms with Crippen LogP contribution in [-0.4, -0.2) is 10.9 Å². The summed E-state index contributed by atoms with van der Waals surface area (Å²) in [5.41, 5.74) is 2.79. The van der Waals surface area contributed by atoms with Gasteiger partial charge in [-0.15, -0.1) is 0 Å². The van der Waals surface area contributed by atoms with E-state index in [4.69, 9.17) is 16.0 Å². The average Bonchev–Trinajstić information content (AvgIpc) is 3.10. The van der Waals surface area contributed by atoms with Crippen molar-refractivity contribution in [2.24, 2.45) is 0 Å². The van der Waals surface area contributed by atoms with Crippen LogP contribution in [-0.2, 0) is 6.54 Å². The number of hydrogen-bond donors (Lipinski definition) is 2. The van der Waals surface area contributed by atoms with Gasteiger partial charge in [-0.05, 0) is 42.8 Å². The molecule has 1 aromatic carbocycles. The van der Waals surface area contributed by atoms with Crippen molar-refractivity contribution in [3.8, 4) is 0 Å². The van der Waals surface area contributed by atoms with E-state index < -0.39 is 0 Å². The van der Waals surface area contributed by atoms with Crippen molar-refractivity contribution in [3.63, 3.8) is 0 Å². The molecule has 2 N–H and O–H groups in total. The highest BCUT2D eigenvalue weighted by Crippen LogP contribution is 2.20. The number of carbonyl (C=O) groups excluding carboxylic acids is 1. The number of carbonyl (C=O) groups is 1. The lowest BCUT2D eigenvalue weighted by molar-refractivity contribution is 0.102. The number of nitrogens with one attached hydrogen (secondary N) is 2. The number of aromatic nitrogens is 1. The molecule has 3 rings (SSSR count). The van der Waals surface area contributed by atoms with Crippen LogP contribution < -0.4 is 10.6 Å². The molecule has 6 heteroatoms. The summed E-state index contributed by atoms with van der Waals surface area (Å²) < 4.78 is 5.26. The minimum Gasteiger partial charge on any atom is -0.467 e. The standard InChI is InChI=1S/C18H16ClN3O2/c1-12-4-5-14(8-17(12)19)22-18(23)13-7-15(10-20-9-13)21-11-16-3-2-6-24-16/h2-10,21H,11H2,1H3,(H,22,23). The summed E-state index contributed by atoms with van der Waals surface area (Å²) in [5, 5.41) is 6.59. The Hall–Kier alpha value is -2.79. The summed E-state index contributed by atoms with van der Waals surface area (Å²) in [5.74, 6) is 0.559. The van der Waals surface area contributed by atoms with Crippen LogP contribution in [0.2, 0.25) is 5.02 Å². The Balaban J connectivity index is 1.68. The number of benzene rings is 1. The topological polar surface area (TPSA) is 67.2 Å². The zero-order chi connectivity index (χ0) is 16.9. The van der Waals surface area contributed by atoms with Crippen LogP contribution in [0.4, 0.5) is 11.4 Å². The fraction of sp³-hybridized carbons (Fsp3) is 0.111. The molecule has 0 bridgehead atoms. The molecule has 24 heavy (non-hydrogen) atoms. The zero-order valence-corrected chi connectivity index (χ0v) is 13.8. The van der Waals surface area contributed by atoms with Crippen molar-refractivity contribution in [2.45, 2.75) is 13.5 Å². The molecular formula is C18H16ClN3O2. The SMILES string of the molecule is Cc1ccc(NC(=O)c2cncc(NCc3ccco3)c2)cc1Cl. The maximum absolute atomic E-state index is 12.4. The predicted octanol–water partition coefficient (Wildman–Crippen LogP) is 4.50. The first-order chi connectivity index (χ1) is 11.6. The molecular weight excluding hydrogens is 326 g/mol. The Morgan fingerprint density at radius 2 is 2.08 bits per heavy atom. The molecule has 0 aliphatic heterocycles. The molecule has 0 spiro atoms. The number of rotatable bonds is 5. The lowest BCUT2D eigenvalue weighted by atomic mass is 10.2. The molecule has 0 atom stereocenters. The van der Waals surface area contributed by atoms with Gasteiger partial charge in [0.25, 0.3) is 5.91 Å². The summed E-state index contributed by atoms with van der Waals surface area (Å²) in [6, 6.07) is 10.8. The van der Waals surface area contributed by atoms with Gasteiger partial charge in [0.15, 0.2) is 0 Å². The Labute approximate surface area is 144 Å². The highest BCUT2D eigenvalue weighted by Gasteiger charge is 2.09. The van der Waals surface area contributed by atoms with E-state index in [0.29, 0.717) is 22.8 Å². The molecule has 2 aromatic heterocycles. The van der Waals surface area contributed by atoms with Gasteiger partial charge in [-0.25, -0.2) is 0 Å². The van der Waals surface area contributed by atoms with E-state index >= 15 is 0 Å². The second kappa shape index (κ2) is 7.19. The van der Waals surface area contributed by atoms with E-state index in [0.717, 1.165) is 17.0 Å². The van der Waals surface area contributed by atoms with Gasteiger partial charge in [0.2, 0.25) is 0 Å². The van der Waals surface area contributed by atoms with E-state index in [2.05, 4.69) is 15.6 Å². The fourth-order valence-electron chi connectivity index (χ4n) is 2.14. The molecule has 0 unspecified atom stereocenters. The van der Waals surface area contributed by atoms with E-state index in [1.165, 1.54) is 6.20 Å². The van der Waals surface area contributed by atoms with Crippen LogP contribution in [0, 0.1) is 6.92 Å². The molecule has 5 nitrogen and oxygen atoms in total. The third kappa shape index (κ3) is 3.94. The number of aryl methyl sites for hydroxylation is 1. The van der Waals surface area contributed by atoms with Crippen molar-refractivity contribution < 1.29 is 9.21 Å². The second-order valence-corrected chi connectivity index (χ2v) is 5.72. The first-order valence-corrected chi connectivity index (χ1v) is 7.78. The number of anilines is 2. The highest BCUT2D eigenvalue weighted by atomic mass is 35.5. The predicted molar refractivity (Wildman–Crippen MR) is 94.4 cm³/mol. The molecule has 0 saturated heterocycles. The molecule has 2 heterocycles. The number of pyridine rings is 1. The summed E-state index contributed by atoms with van der Waals surface area (Å²) in [4.78, 5) is 16.5. The maximum Gasteiger partial charge on any atom is 0.257 e. The number of halogens is 1. The number of nitrogens with zero attached hydrogens (tertiary/aromatic N) is 1. The minimum absolute atomic E-state index is 0.246. The van der Waals surface area contributed by atoms with Crippen LogP contribution in [0.5, 0.6) is 0 Å². The minimum atomic E-state index is -0.246. The first kappa shape index (κ1) is 16.1. The molecule has 1 amide bonds. The summed E-state index contributed by atoms with van der Waals surface area (Å²) in [7, 11) is 0. The highest BCUT2D eigenvalue weighted by molar-refractivity contribution is 6.31. The van der Waals surface area contributed by atoms with Crippen LogP contribution in [0.15, 0.2) is 59.5 Å². The van der Waals surface area contributed by atoms with Gasteiger partial charge in [-0.3, -0.25) is 9.78 Å². The van der Waals surface area contributed by atoms with Gasteiger partial charge < -0.3 is 15.1 Å². The Morgan fingerprint density at radius 3 is 2.83 bits per heavy atom. The molecule has 0 fully saturated rings. The number of hydrogen-bond acceptors (Lipinski definition) is 4. The fourth-order valence-corrected chi connectivity index (χ4v) is 2.32. The number of furan rings is 1. The third-order valence-corrected chi connectivity index (χ3v) is 3.88. The van der Waals surface area contributed by atoms with E-state index in [-0.39, 0.29) is 5.91 Å². The van der Waals surface area contributed by atoms with Crippen molar-refractivity contribution in [3.05, 3.63) is 77.0 Å². The molecule has 0 aliphatic rings. The monoisotopic (exact) mass is 341 g/mol. The molecule has 0 saturated carbocycles. The van der Waals surface area contributed by atoms with Crippen LogP contribution in [0.1, 0.15) is 21.7 Å². The van der Waals surface area contributed by atoms with Gasteiger partial charge in [0.05, 0.1) is 24.1 Å². The number of amides is 1. The van der Waals surface area contributed by atoms with E-state index in [1.807, 2.05) is 31.2 Å². The lowest BCUT2D eigenvalue weighted by Crippen LogP contribution is -2.13. The molecule has 3 aromatic rings. The normalized spacial score (nSPS) is 10.4. The van der Waals surface area contributed by atoms with E-state index in [1.54, 1.807) is 24.6 Å². The largest absolute Gasteiger partial charge is 0.467 e. The van der Waals surface area contributed by atoms with Crippen LogP contribution in [0.3, 0.4) is 0 Å². The first-order valence-electron chi connectivity index (χ1n) is 7.40. The average molecular weight is 342 g/mol. The van der Waals surface area contributed by atoms with Gasteiger partial charge in [-0.1, -0.05) is 17.7 Å². The molecule has 0 aliphatic carbocycles. The molecule has 0 radical (unpaired) electrons. The second-order valence-electron chi connectivity index (χ2n) is 5.31. The lowest BCUT2D eigenvalue weighted by Gasteiger charge is -2.09.